The van der Waals surface area contributed by atoms with Gasteiger partial charge in [0.05, 0.1) is 5.69 Å². The van der Waals surface area contributed by atoms with Crippen LogP contribution in [0.3, 0.4) is 0 Å². The minimum absolute atomic E-state index is 0. The van der Waals surface area contributed by atoms with Gasteiger partial charge in [0.15, 0.2) is 17.3 Å². The molecule has 0 bridgehead atoms. The Bertz CT molecular complexity index is 392. The van der Waals surface area contributed by atoms with E-state index in [9.17, 15) is 0 Å². The van der Waals surface area contributed by atoms with E-state index < -0.39 is 0 Å². The van der Waals surface area contributed by atoms with Crippen LogP contribution in [0, 0.1) is 6.92 Å². The summed E-state index contributed by atoms with van der Waals surface area (Å²) in [6, 6.07) is 5.79. The molecule has 0 amide bonds. The van der Waals surface area contributed by atoms with E-state index in [1.807, 2.05) is 32.0 Å². The van der Waals surface area contributed by atoms with Crippen molar-refractivity contribution < 1.29 is 17.1 Å². The molecular weight excluding hydrogens is 272 g/mol. The summed E-state index contributed by atoms with van der Waals surface area (Å²) in [6.07, 6.45) is 0. The van der Waals surface area contributed by atoms with E-state index in [4.69, 9.17) is 0 Å². The van der Waals surface area contributed by atoms with Crippen molar-refractivity contribution in [1.29, 1.82) is 0 Å². The van der Waals surface area contributed by atoms with E-state index in [0.717, 1.165) is 17.1 Å². The Balaban J connectivity index is 0.00000225. The van der Waals surface area contributed by atoms with Gasteiger partial charge in [-0.3, -0.25) is 10.3 Å². The number of thiol groups is 1. The SMILES string of the molecule is CNC(=[SH+])[N-]N=C(C)c1cccc(C)n1.[Cu+2]. The van der Waals surface area contributed by atoms with Crippen molar-refractivity contribution in [1.82, 2.24) is 10.3 Å². The number of pyridine rings is 1. The van der Waals surface area contributed by atoms with Crippen LogP contribution in [-0.2, 0) is 29.3 Å². The van der Waals surface area contributed by atoms with Gasteiger partial charge < -0.3 is 10.5 Å². The van der Waals surface area contributed by atoms with E-state index >= 15 is 0 Å². The fourth-order valence-electron chi connectivity index (χ4n) is 0.968. The molecule has 1 radical (unpaired) electrons. The van der Waals surface area contributed by atoms with E-state index in [1.54, 1.807) is 7.05 Å². The number of nitrogens with one attached hydrogen (secondary N) is 1. The number of aryl methyl sites for hydroxylation is 1. The molecule has 0 saturated heterocycles. The van der Waals surface area contributed by atoms with Gasteiger partial charge in [0.25, 0.3) is 0 Å². The molecule has 6 heteroatoms. The van der Waals surface area contributed by atoms with Crippen molar-refractivity contribution in [3.8, 4) is 0 Å². The molecule has 1 N–H and O–H groups in total. The maximum Gasteiger partial charge on any atom is 2.00 e. The Kier molecular flexibility index (Phi) is 7.08. The third kappa shape index (κ3) is 4.81. The summed E-state index contributed by atoms with van der Waals surface area (Å²) in [5.74, 6) is 0. The first-order valence-electron chi connectivity index (χ1n) is 4.56. The van der Waals surface area contributed by atoms with Crippen LogP contribution < -0.4 is 5.32 Å². The zero-order valence-corrected chi connectivity index (χ0v) is 11.2. The third-order valence-electron chi connectivity index (χ3n) is 1.78. The Hall–Kier alpha value is -0.811. The first-order valence-corrected chi connectivity index (χ1v) is 5.01. The van der Waals surface area contributed by atoms with Crippen molar-refractivity contribution in [2.24, 2.45) is 5.10 Å². The molecule has 1 aromatic rings. The maximum absolute atomic E-state index is 4.33. The van der Waals surface area contributed by atoms with Gasteiger partial charge in [0.1, 0.15) is 0 Å². The van der Waals surface area contributed by atoms with Gasteiger partial charge in [0, 0.05) is 11.4 Å². The van der Waals surface area contributed by atoms with Gasteiger partial charge in [-0.15, -0.1) is 0 Å². The van der Waals surface area contributed by atoms with Crippen molar-refractivity contribution in [3.05, 3.63) is 35.0 Å². The smallest absolute Gasteiger partial charge is 0.515 e. The van der Waals surface area contributed by atoms with Crippen LogP contribution in [0.25, 0.3) is 5.43 Å². The van der Waals surface area contributed by atoms with Crippen LogP contribution >= 0.6 is 0 Å². The Labute approximate surface area is 111 Å². The Morgan fingerprint density at radius 1 is 1.50 bits per heavy atom. The van der Waals surface area contributed by atoms with E-state index in [1.165, 1.54) is 0 Å². The predicted molar refractivity (Wildman–Crippen MR) is 67.4 cm³/mol. The zero-order chi connectivity index (χ0) is 11.3. The summed E-state index contributed by atoms with van der Waals surface area (Å²) in [6.45, 7) is 3.81. The molecule has 4 nitrogen and oxygen atoms in total. The van der Waals surface area contributed by atoms with Crippen LogP contribution in [0.1, 0.15) is 18.3 Å². The molecule has 1 aromatic heterocycles. The number of rotatable bonds is 2. The standard InChI is InChI=1S/C10H14N4S.Cu/c1-7-5-4-6-9(12-7)8(2)13-14-10(15)11-3;/h4-6H,1-3H3,(H2,11,12,14,15);/q;+2. The number of nitrogens with zero attached hydrogens (tertiary/aromatic N) is 3. The number of hydrogen-bond acceptors (Lipinski definition) is 2. The first-order chi connectivity index (χ1) is 7.13. The van der Waals surface area contributed by atoms with E-state index in [0.29, 0.717) is 5.11 Å². The van der Waals surface area contributed by atoms with Gasteiger partial charge >= 0.3 is 17.1 Å². The second-order valence-corrected chi connectivity index (χ2v) is 3.45. The Morgan fingerprint density at radius 2 is 2.19 bits per heavy atom. The quantitative estimate of drug-likeness (QED) is 0.221. The predicted octanol–water partition coefficient (Wildman–Crippen LogP) is 1.07. The summed E-state index contributed by atoms with van der Waals surface area (Å²) >= 11 is 4.05. The van der Waals surface area contributed by atoms with Crippen molar-refractivity contribution >= 4 is 23.0 Å². The van der Waals surface area contributed by atoms with Gasteiger partial charge in [-0.05, 0) is 33.0 Å². The van der Waals surface area contributed by atoms with Gasteiger partial charge in [-0.25, -0.2) is 0 Å². The molecule has 0 unspecified atom stereocenters. The van der Waals surface area contributed by atoms with Crippen molar-refractivity contribution in [2.45, 2.75) is 13.8 Å². The molecule has 0 spiro atoms. The molecule has 16 heavy (non-hydrogen) atoms. The van der Waals surface area contributed by atoms with Crippen molar-refractivity contribution in [3.63, 3.8) is 0 Å². The molecule has 0 saturated carbocycles. The zero-order valence-electron chi connectivity index (χ0n) is 9.32. The average Bonchev–Trinajstić information content (AvgIpc) is 2.25. The second-order valence-electron chi connectivity index (χ2n) is 3.02. The minimum Gasteiger partial charge on any atom is -0.515 e. The molecular formula is C10H14CuN4S+2. The summed E-state index contributed by atoms with van der Waals surface area (Å²) in [7, 11) is 1.74. The molecule has 1 rings (SSSR count). The summed E-state index contributed by atoms with van der Waals surface area (Å²) in [5, 5.41) is 7.25. The largest absolute Gasteiger partial charge is 2.00 e. The topological polar surface area (TPSA) is 51.4 Å². The van der Waals surface area contributed by atoms with Crippen molar-refractivity contribution in [2.75, 3.05) is 7.05 Å². The number of hydrogen-bond donors (Lipinski definition) is 1. The molecule has 0 fully saturated rings. The van der Waals surface area contributed by atoms with Gasteiger partial charge in [0.2, 0.25) is 0 Å². The second kappa shape index (κ2) is 7.46. The summed E-state index contributed by atoms with van der Waals surface area (Å²) in [5.41, 5.74) is 6.42. The van der Waals surface area contributed by atoms with E-state index in [-0.39, 0.29) is 17.1 Å². The van der Waals surface area contributed by atoms with E-state index in [2.05, 4.69) is 33.0 Å². The fourth-order valence-corrected chi connectivity index (χ4v) is 1.01. The maximum atomic E-state index is 4.33. The van der Waals surface area contributed by atoms with Crippen LogP contribution in [0.2, 0.25) is 0 Å². The summed E-state index contributed by atoms with van der Waals surface area (Å²) < 4.78 is 0. The molecule has 1 heterocycles. The van der Waals surface area contributed by atoms with Gasteiger partial charge in [-0.2, -0.15) is 0 Å². The fraction of sp³-hybridized carbons (Fsp3) is 0.300. The number of aromatic nitrogens is 1. The summed E-state index contributed by atoms with van der Waals surface area (Å²) in [4.78, 5) is 4.33. The molecule has 0 aliphatic carbocycles. The molecule has 89 valence electrons. The normalized spacial score (nSPS) is 10.6. The molecule has 0 atom stereocenters. The van der Waals surface area contributed by atoms with Crippen LogP contribution in [-0.4, -0.2) is 22.9 Å². The monoisotopic (exact) mass is 285 g/mol. The minimum atomic E-state index is 0. The van der Waals surface area contributed by atoms with Crippen LogP contribution in [0.4, 0.5) is 0 Å². The van der Waals surface area contributed by atoms with Gasteiger partial charge in [-0.1, -0.05) is 6.07 Å². The molecule has 0 aliphatic rings. The molecule has 0 aliphatic heterocycles. The van der Waals surface area contributed by atoms with Crippen LogP contribution in [0.15, 0.2) is 23.3 Å². The molecule has 0 aromatic carbocycles. The average molecular weight is 286 g/mol. The van der Waals surface area contributed by atoms with Crippen LogP contribution in [0.5, 0.6) is 0 Å². The third-order valence-corrected chi connectivity index (χ3v) is 2.09. The Morgan fingerprint density at radius 3 is 2.75 bits per heavy atom. The first kappa shape index (κ1) is 15.2.